The molecular formula is C17H19BrClN. The van der Waals surface area contributed by atoms with Gasteiger partial charge in [0.05, 0.1) is 0 Å². The lowest BCUT2D eigenvalue weighted by atomic mass is 9.92. The Morgan fingerprint density at radius 1 is 1.05 bits per heavy atom. The standard InChI is InChI=1S/C17H19BrClN/c1-2-20-12-15(14-5-7-16(18)8-6-14)11-13-3-9-17(19)10-4-13/h3-10,15,20H,2,11-12H2,1H3. The van der Waals surface area contributed by atoms with Crippen molar-refractivity contribution in [1.82, 2.24) is 5.32 Å². The van der Waals surface area contributed by atoms with Crippen molar-refractivity contribution in [3.63, 3.8) is 0 Å². The molecule has 0 fully saturated rings. The van der Waals surface area contributed by atoms with E-state index in [0.717, 1.165) is 29.0 Å². The van der Waals surface area contributed by atoms with Gasteiger partial charge in [-0.1, -0.05) is 58.7 Å². The molecule has 0 spiro atoms. The molecule has 0 aliphatic carbocycles. The van der Waals surface area contributed by atoms with E-state index < -0.39 is 0 Å². The van der Waals surface area contributed by atoms with E-state index in [1.165, 1.54) is 11.1 Å². The van der Waals surface area contributed by atoms with E-state index in [1.807, 2.05) is 12.1 Å². The summed E-state index contributed by atoms with van der Waals surface area (Å²) in [5, 5.41) is 4.25. The van der Waals surface area contributed by atoms with Crippen molar-refractivity contribution >= 4 is 27.5 Å². The number of hydrogen-bond acceptors (Lipinski definition) is 1. The molecule has 106 valence electrons. The summed E-state index contributed by atoms with van der Waals surface area (Å²) < 4.78 is 1.12. The molecule has 0 aromatic heterocycles. The summed E-state index contributed by atoms with van der Waals surface area (Å²) in [6, 6.07) is 16.8. The molecule has 0 saturated heterocycles. The first-order chi connectivity index (χ1) is 9.69. The van der Waals surface area contributed by atoms with Crippen molar-refractivity contribution < 1.29 is 0 Å². The predicted molar refractivity (Wildman–Crippen MR) is 90.6 cm³/mol. The summed E-state index contributed by atoms with van der Waals surface area (Å²) in [4.78, 5) is 0. The molecule has 1 atom stereocenters. The zero-order chi connectivity index (χ0) is 14.4. The van der Waals surface area contributed by atoms with Crippen molar-refractivity contribution in [3.8, 4) is 0 Å². The van der Waals surface area contributed by atoms with Crippen LogP contribution in [0, 0.1) is 0 Å². The van der Waals surface area contributed by atoms with E-state index in [1.54, 1.807) is 0 Å². The summed E-state index contributed by atoms with van der Waals surface area (Å²) in [7, 11) is 0. The molecular weight excluding hydrogens is 334 g/mol. The maximum absolute atomic E-state index is 5.95. The largest absolute Gasteiger partial charge is 0.316 e. The van der Waals surface area contributed by atoms with E-state index in [0.29, 0.717) is 5.92 Å². The minimum absolute atomic E-state index is 0.476. The van der Waals surface area contributed by atoms with E-state index >= 15 is 0 Å². The molecule has 0 amide bonds. The fourth-order valence-corrected chi connectivity index (χ4v) is 2.66. The highest BCUT2D eigenvalue weighted by Gasteiger charge is 2.12. The summed E-state index contributed by atoms with van der Waals surface area (Å²) in [6.07, 6.45) is 1.02. The molecule has 0 aliphatic rings. The van der Waals surface area contributed by atoms with Gasteiger partial charge in [0.2, 0.25) is 0 Å². The van der Waals surface area contributed by atoms with Gasteiger partial charge in [0, 0.05) is 22.0 Å². The predicted octanol–water partition coefficient (Wildman–Crippen LogP) is 5.04. The number of hydrogen-bond donors (Lipinski definition) is 1. The number of rotatable bonds is 6. The molecule has 0 aliphatic heterocycles. The van der Waals surface area contributed by atoms with Gasteiger partial charge >= 0.3 is 0 Å². The summed E-state index contributed by atoms with van der Waals surface area (Å²) in [5.41, 5.74) is 2.68. The molecule has 2 aromatic rings. The van der Waals surface area contributed by atoms with Crippen LogP contribution in [0.5, 0.6) is 0 Å². The molecule has 0 heterocycles. The third-order valence-electron chi connectivity index (χ3n) is 3.38. The summed E-state index contributed by atoms with van der Waals surface area (Å²) in [6.45, 7) is 4.12. The maximum atomic E-state index is 5.95. The summed E-state index contributed by atoms with van der Waals surface area (Å²) in [5.74, 6) is 0.476. The minimum Gasteiger partial charge on any atom is -0.316 e. The van der Waals surface area contributed by atoms with Gasteiger partial charge in [-0.05, 0) is 48.4 Å². The van der Waals surface area contributed by atoms with Crippen LogP contribution in [0.4, 0.5) is 0 Å². The molecule has 1 N–H and O–H groups in total. The monoisotopic (exact) mass is 351 g/mol. The molecule has 0 radical (unpaired) electrons. The van der Waals surface area contributed by atoms with Crippen molar-refractivity contribution in [2.75, 3.05) is 13.1 Å². The highest BCUT2D eigenvalue weighted by atomic mass is 79.9. The van der Waals surface area contributed by atoms with Crippen LogP contribution in [-0.2, 0) is 6.42 Å². The lowest BCUT2D eigenvalue weighted by molar-refractivity contribution is 0.595. The molecule has 2 rings (SSSR count). The van der Waals surface area contributed by atoms with Gasteiger partial charge in [-0.25, -0.2) is 0 Å². The van der Waals surface area contributed by atoms with Gasteiger partial charge < -0.3 is 5.32 Å². The Labute approximate surface area is 134 Å². The zero-order valence-electron chi connectivity index (χ0n) is 11.6. The van der Waals surface area contributed by atoms with Gasteiger partial charge in [0.1, 0.15) is 0 Å². The highest BCUT2D eigenvalue weighted by Crippen LogP contribution is 2.23. The van der Waals surface area contributed by atoms with E-state index in [4.69, 9.17) is 11.6 Å². The van der Waals surface area contributed by atoms with E-state index in [9.17, 15) is 0 Å². The molecule has 2 aromatic carbocycles. The minimum atomic E-state index is 0.476. The lowest BCUT2D eigenvalue weighted by Crippen LogP contribution is -2.22. The lowest BCUT2D eigenvalue weighted by Gasteiger charge is -2.18. The fourth-order valence-electron chi connectivity index (χ4n) is 2.27. The van der Waals surface area contributed by atoms with Crippen LogP contribution in [0.25, 0.3) is 0 Å². The van der Waals surface area contributed by atoms with Crippen LogP contribution in [0.1, 0.15) is 24.0 Å². The highest BCUT2D eigenvalue weighted by molar-refractivity contribution is 9.10. The van der Waals surface area contributed by atoms with Crippen LogP contribution < -0.4 is 5.32 Å². The smallest absolute Gasteiger partial charge is 0.0406 e. The second-order valence-electron chi connectivity index (χ2n) is 4.89. The first-order valence-electron chi connectivity index (χ1n) is 6.89. The average Bonchev–Trinajstić information content (AvgIpc) is 2.46. The molecule has 1 nitrogen and oxygen atoms in total. The number of halogens is 2. The van der Waals surface area contributed by atoms with Crippen LogP contribution in [-0.4, -0.2) is 13.1 Å². The molecule has 1 unspecified atom stereocenters. The fraction of sp³-hybridized carbons (Fsp3) is 0.294. The summed E-state index contributed by atoms with van der Waals surface area (Å²) >= 11 is 9.44. The Kier molecular flexibility index (Phi) is 6.08. The molecule has 0 bridgehead atoms. The normalized spacial score (nSPS) is 12.3. The molecule has 3 heteroatoms. The first-order valence-corrected chi connectivity index (χ1v) is 8.06. The van der Waals surface area contributed by atoms with Crippen molar-refractivity contribution in [3.05, 3.63) is 69.2 Å². The first kappa shape index (κ1) is 15.6. The van der Waals surface area contributed by atoms with Gasteiger partial charge in [0.15, 0.2) is 0 Å². The molecule has 0 saturated carbocycles. The quantitative estimate of drug-likeness (QED) is 0.768. The van der Waals surface area contributed by atoms with Gasteiger partial charge in [-0.15, -0.1) is 0 Å². The van der Waals surface area contributed by atoms with Gasteiger partial charge in [-0.2, -0.15) is 0 Å². The Morgan fingerprint density at radius 3 is 2.30 bits per heavy atom. The average molecular weight is 353 g/mol. The van der Waals surface area contributed by atoms with Crippen LogP contribution >= 0.6 is 27.5 Å². The second kappa shape index (κ2) is 7.82. The van der Waals surface area contributed by atoms with Crippen LogP contribution in [0.15, 0.2) is 53.0 Å². The Hall–Kier alpha value is -0.830. The topological polar surface area (TPSA) is 12.0 Å². The SMILES string of the molecule is CCNCC(Cc1ccc(Cl)cc1)c1ccc(Br)cc1. The second-order valence-corrected chi connectivity index (χ2v) is 6.24. The van der Waals surface area contributed by atoms with E-state index in [-0.39, 0.29) is 0 Å². The molecule has 20 heavy (non-hydrogen) atoms. The van der Waals surface area contributed by atoms with Crippen molar-refractivity contribution in [2.45, 2.75) is 19.3 Å². The van der Waals surface area contributed by atoms with Crippen LogP contribution in [0.2, 0.25) is 5.02 Å². The third kappa shape index (κ3) is 4.62. The van der Waals surface area contributed by atoms with Crippen molar-refractivity contribution in [2.24, 2.45) is 0 Å². The van der Waals surface area contributed by atoms with Gasteiger partial charge in [0.25, 0.3) is 0 Å². The number of nitrogens with one attached hydrogen (secondary N) is 1. The van der Waals surface area contributed by atoms with Crippen molar-refractivity contribution in [1.29, 1.82) is 0 Å². The number of likely N-dealkylation sites (N-methyl/N-ethyl adjacent to an activating group) is 1. The van der Waals surface area contributed by atoms with Gasteiger partial charge in [-0.3, -0.25) is 0 Å². The Bertz CT molecular complexity index is 522. The maximum Gasteiger partial charge on any atom is 0.0406 e. The number of benzene rings is 2. The Balaban J connectivity index is 2.14. The van der Waals surface area contributed by atoms with E-state index in [2.05, 4.69) is 64.6 Å². The Morgan fingerprint density at radius 2 is 1.70 bits per heavy atom. The zero-order valence-corrected chi connectivity index (χ0v) is 13.9. The third-order valence-corrected chi connectivity index (χ3v) is 4.16. The van der Waals surface area contributed by atoms with Crippen LogP contribution in [0.3, 0.4) is 0 Å².